The summed E-state index contributed by atoms with van der Waals surface area (Å²) in [5.74, 6) is -0.370. The van der Waals surface area contributed by atoms with Gasteiger partial charge in [-0.3, -0.25) is 9.89 Å². The van der Waals surface area contributed by atoms with Gasteiger partial charge in [0.25, 0.3) is 5.91 Å². The van der Waals surface area contributed by atoms with Crippen molar-refractivity contribution in [2.24, 2.45) is 0 Å². The number of thiazole rings is 1. The number of anilines is 2. The molecular weight excluding hydrogens is 374 g/mol. The number of nitrogens with zero attached hydrogens (tertiary/aromatic N) is 2. The van der Waals surface area contributed by atoms with Crippen LogP contribution in [0.4, 0.5) is 10.8 Å². The predicted octanol–water partition coefficient (Wildman–Crippen LogP) is 3.24. The van der Waals surface area contributed by atoms with Crippen molar-refractivity contribution in [1.82, 2.24) is 15.2 Å². The minimum absolute atomic E-state index is 0.356. The van der Waals surface area contributed by atoms with E-state index >= 15 is 0 Å². The van der Waals surface area contributed by atoms with Gasteiger partial charge in [0.15, 0.2) is 5.13 Å². The molecular formula is C17H14ClN5O2S. The van der Waals surface area contributed by atoms with Crippen LogP contribution in [0.3, 0.4) is 0 Å². The quantitative estimate of drug-likeness (QED) is 0.421. The standard InChI is InChI=1S/C17H14ClN5O2S/c18-9-1-3-10(4-2-9)20-14(8-24)16(25)22-17-21-13-6-5-12-11(7-19-23-12)15(13)26-17/h1-7,14,20,24H,8H2,(H,19,23)(H,21,22,25). The number of aromatic nitrogens is 3. The van der Waals surface area contributed by atoms with Gasteiger partial charge in [0, 0.05) is 16.1 Å². The van der Waals surface area contributed by atoms with E-state index in [0.717, 1.165) is 21.1 Å². The number of aromatic amines is 1. The maximum absolute atomic E-state index is 12.5. The number of aliphatic hydroxyl groups is 1. The lowest BCUT2D eigenvalue weighted by molar-refractivity contribution is -0.117. The lowest BCUT2D eigenvalue weighted by Gasteiger charge is -2.16. The molecule has 26 heavy (non-hydrogen) atoms. The van der Waals surface area contributed by atoms with Crippen LogP contribution in [0.15, 0.2) is 42.6 Å². The molecule has 1 atom stereocenters. The Hall–Kier alpha value is -2.68. The minimum atomic E-state index is -0.808. The first-order valence-corrected chi connectivity index (χ1v) is 9.00. The van der Waals surface area contributed by atoms with Gasteiger partial charge in [0.05, 0.1) is 28.5 Å². The molecule has 0 aliphatic carbocycles. The predicted molar refractivity (Wildman–Crippen MR) is 104 cm³/mol. The minimum Gasteiger partial charge on any atom is -0.394 e. The third kappa shape index (κ3) is 3.22. The van der Waals surface area contributed by atoms with Gasteiger partial charge >= 0.3 is 0 Å². The number of amides is 1. The molecule has 4 rings (SSSR count). The summed E-state index contributed by atoms with van der Waals surface area (Å²) in [7, 11) is 0. The zero-order valence-corrected chi connectivity index (χ0v) is 14.9. The van der Waals surface area contributed by atoms with Crippen LogP contribution in [-0.4, -0.2) is 38.8 Å². The van der Waals surface area contributed by atoms with E-state index in [9.17, 15) is 9.90 Å². The van der Waals surface area contributed by atoms with E-state index in [2.05, 4.69) is 25.8 Å². The van der Waals surface area contributed by atoms with E-state index in [0.29, 0.717) is 15.8 Å². The number of hydrogen-bond acceptors (Lipinski definition) is 6. The molecule has 132 valence electrons. The average molecular weight is 388 g/mol. The maximum Gasteiger partial charge on any atom is 0.251 e. The van der Waals surface area contributed by atoms with Gasteiger partial charge in [-0.2, -0.15) is 5.10 Å². The van der Waals surface area contributed by atoms with Gasteiger partial charge in [-0.25, -0.2) is 4.98 Å². The van der Waals surface area contributed by atoms with E-state index in [1.807, 2.05) is 12.1 Å². The molecule has 1 unspecified atom stereocenters. The van der Waals surface area contributed by atoms with Crippen LogP contribution in [0.25, 0.3) is 21.1 Å². The number of nitrogens with one attached hydrogen (secondary N) is 3. The first kappa shape index (κ1) is 16.8. The molecule has 2 heterocycles. The molecule has 0 spiro atoms. The highest BCUT2D eigenvalue weighted by atomic mass is 35.5. The first-order chi connectivity index (χ1) is 12.6. The number of H-pyrrole nitrogens is 1. The van der Waals surface area contributed by atoms with E-state index in [1.54, 1.807) is 30.5 Å². The van der Waals surface area contributed by atoms with Crippen LogP contribution in [0.5, 0.6) is 0 Å². The van der Waals surface area contributed by atoms with Gasteiger partial charge < -0.3 is 15.7 Å². The highest BCUT2D eigenvalue weighted by Crippen LogP contribution is 2.31. The second-order valence-electron chi connectivity index (χ2n) is 5.64. The Labute approximate surface area is 157 Å². The van der Waals surface area contributed by atoms with Crippen LogP contribution < -0.4 is 10.6 Å². The van der Waals surface area contributed by atoms with Gasteiger partial charge in [0.1, 0.15) is 6.04 Å². The molecule has 0 radical (unpaired) electrons. The molecule has 0 saturated carbocycles. The number of rotatable bonds is 5. The summed E-state index contributed by atoms with van der Waals surface area (Å²) in [5, 5.41) is 24.3. The molecule has 4 aromatic rings. The highest BCUT2D eigenvalue weighted by Gasteiger charge is 2.19. The number of fused-ring (bicyclic) bond motifs is 3. The third-order valence-corrected chi connectivity index (χ3v) is 5.16. The van der Waals surface area contributed by atoms with Crippen LogP contribution >= 0.6 is 22.9 Å². The molecule has 0 saturated heterocycles. The number of benzene rings is 2. The Bertz CT molecular complexity index is 1080. The number of aliphatic hydroxyl groups excluding tert-OH is 1. The summed E-state index contributed by atoms with van der Waals surface area (Å²) in [6, 6.07) is 9.86. The van der Waals surface area contributed by atoms with E-state index in [1.165, 1.54) is 11.3 Å². The summed E-state index contributed by atoms with van der Waals surface area (Å²) >= 11 is 7.22. The van der Waals surface area contributed by atoms with Crippen molar-refractivity contribution in [3.63, 3.8) is 0 Å². The maximum atomic E-state index is 12.5. The molecule has 0 bridgehead atoms. The Kier molecular flexibility index (Phi) is 4.46. The SMILES string of the molecule is O=C(Nc1nc2ccc3[nH]ncc3c2s1)C(CO)Nc1ccc(Cl)cc1. The normalized spacial score (nSPS) is 12.4. The van der Waals surface area contributed by atoms with Crippen LogP contribution in [0.1, 0.15) is 0 Å². The largest absolute Gasteiger partial charge is 0.394 e. The fraction of sp³-hybridized carbons (Fsp3) is 0.118. The van der Waals surface area contributed by atoms with Gasteiger partial charge in [-0.15, -0.1) is 0 Å². The lowest BCUT2D eigenvalue weighted by atomic mass is 10.2. The molecule has 0 aliphatic heterocycles. The Morgan fingerprint density at radius 2 is 2.08 bits per heavy atom. The van der Waals surface area contributed by atoms with Gasteiger partial charge in [-0.1, -0.05) is 22.9 Å². The molecule has 0 aliphatic rings. The summed E-state index contributed by atoms with van der Waals surface area (Å²) in [4.78, 5) is 16.9. The second-order valence-corrected chi connectivity index (χ2v) is 7.08. The zero-order chi connectivity index (χ0) is 18.1. The molecule has 9 heteroatoms. The van der Waals surface area contributed by atoms with E-state index in [-0.39, 0.29) is 12.5 Å². The summed E-state index contributed by atoms with van der Waals surface area (Å²) in [5.41, 5.74) is 2.38. The topological polar surface area (TPSA) is 103 Å². The molecule has 2 aromatic carbocycles. The van der Waals surface area contributed by atoms with Crippen molar-refractivity contribution in [1.29, 1.82) is 0 Å². The van der Waals surface area contributed by atoms with Crippen molar-refractivity contribution in [3.05, 3.63) is 47.6 Å². The van der Waals surface area contributed by atoms with Gasteiger partial charge in [-0.05, 0) is 36.4 Å². The number of carbonyl (C=O) groups excluding carboxylic acids is 1. The molecule has 0 fully saturated rings. The van der Waals surface area contributed by atoms with Gasteiger partial charge in [0.2, 0.25) is 0 Å². The third-order valence-electron chi connectivity index (χ3n) is 3.89. The summed E-state index contributed by atoms with van der Waals surface area (Å²) < 4.78 is 0.942. The Balaban J connectivity index is 1.54. The van der Waals surface area contributed by atoms with E-state index in [4.69, 9.17) is 11.6 Å². The fourth-order valence-electron chi connectivity index (χ4n) is 2.59. The molecule has 7 nitrogen and oxygen atoms in total. The highest BCUT2D eigenvalue weighted by molar-refractivity contribution is 7.23. The monoisotopic (exact) mass is 387 g/mol. The molecule has 1 amide bonds. The first-order valence-electron chi connectivity index (χ1n) is 7.80. The summed E-state index contributed by atoms with van der Waals surface area (Å²) in [6.45, 7) is -0.356. The smallest absolute Gasteiger partial charge is 0.251 e. The van der Waals surface area contributed by atoms with E-state index < -0.39 is 6.04 Å². The number of carbonyl (C=O) groups is 1. The van der Waals surface area contributed by atoms with Crippen molar-refractivity contribution in [2.75, 3.05) is 17.2 Å². The van der Waals surface area contributed by atoms with Crippen LogP contribution in [0.2, 0.25) is 5.02 Å². The summed E-state index contributed by atoms with van der Waals surface area (Å²) in [6.07, 6.45) is 1.74. The number of hydrogen-bond donors (Lipinski definition) is 4. The molecule has 2 aromatic heterocycles. The number of halogens is 1. The lowest BCUT2D eigenvalue weighted by Crippen LogP contribution is -2.37. The van der Waals surface area contributed by atoms with Crippen LogP contribution in [-0.2, 0) is 4.79 Å². The Morgan fingerprint density at radius 1 is 1.27 bits per heavy atom. The van der Waals surface area contributed by atoms with Crippen molar-refractivity contribution in [3.8, 4) is 0 Å². The van der Waals surface area contributed by atoms with Crippen molar-refractivity contribution in [2.45, 2.75) is 6.04 Å². The van der Waals surface area contributed by atoms with Crippen LogP contribution in [0, 0.1) is 0 Å². The zero-order valence-electron chi connectivity index (χ0n) is 13.4. The second kappa shape index (κ2) is 6.91. The molecule has 4 N–H and O–H groups in total. The average Bonchev–Trinajstić information content (AvgIpc) is 3.26. The van der Waals surface area contributed by atoms with Crippen molar-refractivity contribution < 1.29 is 9.90 Å². The Morgan fingerprint density at radius 3 is 2.85 bits per heavy atom. The van der Waals surface area contributed by atoms with Crippen molar-refractivity contribution >= 4 is 60.8 Å². The fourth-order valence-corrected chi connectivity index (χ4v) is 3.70.